The number of alkyl halides is 2. The minimum Gasteiger partial charge on any atom is -0.451 e. The second-order valence-corrected chi connectivity index (χ2v) is 6.04. The van der Waals surface area contributed by atoms with E-state index < -0.39 is 18.7 Å². The SMILES string of the molecule is Cc1ccc(C)c(C(=O)[C@H](C)OC(=O)/C=C/c2ccc(OC(F)F)cc2)c1. The van der Waals surface area contributed by atoms with E-state index >= 15 is 0 Å². The molecule has 0 fully saturated rings. The number of esters is 1. The van der Waals surface area contributed by atoms with Crippen LogP contribution in [-0.4, -0.2) is 24.5 Å². The molecule has 0 saturated heterocycles. The van der Waals surface area contributed by atoms with Crippen LogP contribution in [0.25, 0.3) is 6.08 Å². The lowest BCUT2D eigenvalue weighted by atomic mass is 9.99. The molecule has 2 rings (SSSR count). The molecule has 0 saturated carbocycles. The number of ether oxygens (including phenoxy) is 2. The van der Waals surface area contributed by atoms with Crippen molar-refractivity contribution in [2.75, 3.05) is 0 Å². The van der Waals surface area contributed by atoms with Gasteiger partial charge in [0.1, 0.15) is 5.75 Å². The lowest BCUT2D eigenvalue weighted by molar-refractivity contribution is -0.140. The quantitative estimate of drug-likeness (QED) is 0.399. The third-order valence-electron chi connectivity index (χ3n) is 3.84. The Hall–Kier alpha value is -3.02. The molecule has 0 aliphatic carbocycles. The number of Topliss-reactive ketones (excluding diaryl/α,β-unsaturated/α-hetero) is 1. The second-order valence-electron chi connectivity index (χ2n) is 6.04. The molecule has 0 radical (unpaired) electrons. The summed E-state index contributed by atoms with van der Waals surface area (Å²) in [5.41, 5.74) is 2.88. The van der Waals surface area contributed by atoms with Crippen LogP contribution in [0.1, 0.15) is 34.0 Å². The van der Waals surface area contributed by atoms with E-state index in [1.807, 2.05) is 26.0 Å². The normalized spacial score (nSPS) is 12.2. The maximum absolute atomic E-state index is 12.5. The van der Waals surface area contributed by atoms with Crippen LogP contribution in [-0.2, 0) is 9.53 Å². The summed E-state index contributed by atoms with van der Waals surface area (Å²) in [6.45, 7) is 2.33. The number of aryl methyl sites for hydroxylation is 2. The number of benzene rings is 2. The molecular weight excluding hydrogens is 354 g/mol. The third-order valence-corrected chi connectivity index (χ3v) is 3.84. The minimum atomic E-state index is -2.89. The van der Waals surface area contributed by atoms with E-state index in [0.717, 1.165) is 11.1 Å². The highest BCUT2D eigenvalue weighted by atomic mass is 19.3. The van der Waals surface area contributed by atoms with Crippen LogP contribution in [0.5, 0.6) is 5.75 Å². The van der Waals surface area contributed by atoms with Crippen LogP contribution >= 0.6 is 0 Å². The van der Waals surface area contributed by atoms with Crippen LogP contribution in [0.3, 0.4) is 0 Å². The van der Waals surface area contributed by atoms with E-state index in [2.05, 4.69) is 4.74 Å². The van der Waals surface area contributed by atoms with Gasteiger partial charge < -0.3 is 9.47 Å². The highest BCUT2D eigenvalue weighted by molar-refractivity contribution is 6.02. The molecule has 0 heterocycles. The average Bonchev–Trinajstić information content (AvgIpc) is 2.62. The molecule has 0 aromatic heterocycles. The maximum Gasteiger partial charge on any atom is 0.387 e. The summed E-state index contributed by atoms with van der Waals surface area (Å²) in [6.07, 6.45) is 1.71. The summed E-state index contributed by atoms with van der Waals surface area (Å²) in [6, 6.07) is 11.3. The molecule has 4 nitrogen and oxygen atoms in total. The highest BCUT2D eigenvalue weighted by Gasteiger charge is 2.20. The molecule has 0 amide bonds. The lowest BCUT2D eigenvalue weighted by Crippen LogP contribution is -2.24. The zero-order valence-corrected chi connectivity index (χ0v) is 15.2. The van der Waals surface area contributed by atoms with Gasteiger partial charge in [0.15, 0.2) is 6.10 Å². The Morgan fingerprint density at radius 2 is 1.70 bits per heavy atom. The molecule has 0 spiro atoms. The summed E-state index contributed by atoms with van der Waals surface area (Å²) >= 11 is 0. The van der Waals surface area contributed by atoms with Crippen molar-refractivity contribution in [3.05, 3.63) is 70.8 Å². The van der Waals surface area contributed by atoms with Gasteiger partial charge in [-0.05, 0) is 56.2 Å². The van der Waals surface area contributed by atoms with Gasteiger partial charge in [-0.2, -0.15) is 8.78 Å². The van der Waals surface area contributed by atoms with Crippen molar-refractivity contribution in [3.63, 3.8) is 0 Å². The largest absolute Gasteiger partial charge is 0.451 e. The third kappa shape index (κ3) is 6.02. The number of halogens is 2. The van der Waals surface area contributed by atoms with Gasteiger partial charge in [-0.15, -0.1) is 0 Å². The van der Waals surface area contributed by atoms with Gasteiger partial charge in [0.25, 0.3) is 0 Å². The summed E-state index contributed by atoms with van der Waals surface area (Å²) < 4.78 is 33.6. The smallest absolute Gasteiger partial charge is 0.387 e. The van der Waals surface area contributed by atoms with Gasteiger partial charge in [0.05, 0.1) is 0 Å². The van der Waals surface area contributed by atoms with Gasteiger partial charge in [0, 0.05) is 11.6 Å². The molecular formula is C21H20F2O4. The van der Waals surface area contributed by atoms with E-state index in [9.17, 15) is 18.4 Å². The van der Waals surface area contributed by atoms with Crippen LogP contribution in [0.4, 0.5) is 8.78 Å². The van der Waals surface area contributed by atoms with Crippen LogP contribution in [0, 0.1) is 13.8 Å². The summed E-state index contributed by atoms with van der Waals surface area (Å²) in [5, 5.41) is 0. The van der Waals surface area contributed by atoms with E-state index in [0.29, 0.717) is 11.1 Å². The van der Waals surface area contributed by atoms with E-state index in [1.165, 1.54) is 43.3 Å². The van der Waals surface area contributed by atoms with Crippen molar-refractivity contribution < 1.29 is 27.8 Å². The van der Waals surface area contributed by atoms with Crippen molar-refractivity contribution in [1.82, 2.24) is 0 Å². The molecule has 0 aliphatic heterocycles. The van der Waals surface area contributed by atoms with Crippen LogP contribution in [0.2, 0.25) is 0 Å². The zero-order valence-electron chi connectivity index (χ0n) is 15.2. The van der Waals surface area contributed by atoms with Gasteiger partial charge in [-0.25, -0.2) is 4.79 Å². The van der Waals surface area contributed by atoms with Crippen molar-refractivity contribution in [3.8, 4) is 5.75 Å². The Morgan fingerprint density at radius 1 is 1.04 bits per heavy atom. The fraction of sp³-hybridized carbons (Fsp3) is 0.238. The Labute approximate surface area is 156 Å². The number of carbonyl (C=O) groups excluding carboxylic acids is 2. The van der Waals surface area contributed by atoms with Crippen molar-refractivity contribution in [2.45, 2.75) is 33.5 Å². The molecule has 2 aromatic rings. The Bertz CT molecular complexity index is 842. The molecule has 2 aromatic carbocycles. The Balaban J connectivity index is 1.97. The van der Waals surface area contributed by atoms with E-state index in [-0.39, 0.29) is 11.5 Å². The predicted octanol–water partition coefficient (Wildman–Crippen LogP) is 4.73. The standard InChI is InChI=1S/C21H20F2O4/c1-13-4-5-14(2)18(12-13)20(25)15(3)26-19(24)11-8-16-6-9-17(10-7-16)27-21(22)23/h4-12,15,21H,1-3H3/b11-8+/t15-/m0/s1. The topological polar surface area (TPSA) is 52.6 Å². The maximum atomic E-state index is 12.5. The fourth-order valence-electron chi connectivity index (χ4n) is 2.41. The first kappa shape index (κ1) is 20.3. The molecule has 142 valence electrons. The van der Waals surface area contributed by atoms with Crippen molar-refractivity contribution in [2.24, 2.45) is 0 Å². The zero-order chi connectivity index (χ0) is 20.0. The lowest BCUT2D eigenvalue weighted by Gasteiger charge is -2.13. The van der Waals surface area contributed by atoms with E-state index in [1.54, 1.807) is 6.07 Å². The first-order chi connectivity index (χ1) is 12.8. The Kier molecular flexibility index (Phi) is 6.82. The van der Waals surface area contributed by atoms with Gasteiger partial charge in [-0.3, -0.25) is 4.79 Å². The van der Waals surface area contributed by atoms with Crippen molar-refractivity contribution >= 4 is 17.8 Å². The highest BCUT2D eigenvalue weighted by Crippen LogP contribution is 2.17. The summed E-state index contributed by atoms with van der Waals surface area (Å²) in [5.74, 6) is -0.919. The number of carbonyl (C=O) groups is 2. The Morgan fingerprint density at radius 3 is 2.33 bits per heavy atom. The predicted molar refractivity (Wildman–Crippen MR) is 97.9 cm³/mol. The molecule has 0 aliphatic rings. The van der Waals surface area contributed by atoms with Gasteiger partial charge in [0.2, 0.25) is 5.78 Å². The summed E-state index contributed by atoms with van der Waals surface area (Å²) in [4.78, 5) is 24.4. The number of hydrogen-bond donors (Lipinski definition) is 0. The molecule has 6 heteroatoms. The van der Waals surface area contributed by atoms with E-state index in [4.69, 9.17) is 4.74 Å². The first-order valence-electron chi connectivity index (χ1n) is 8.31. The van der Waals surface area contributed by atoms with Gasteiger partial charge in [-0.1, -0.05) is 29.8 Å². The molecule has 0 bridgehead atoms. The second kappa shape index (κ2) is 9.07. The number of rotatable bonds is 7. The van der Waals surface area contributed by atoms with Crippen molar-refractivity contribution in [1.29, 1.82) is 0 Å². The molecule has 0 unspecified atom stereocenters. The molecule has 0 N–H and O–H groups in total. The summed E-state index contributed by atoms with van der Waals surface area (Å²) in [7, 11) is 0. The average molecular weight is 374 g/mol. The fourth-order valence-corrected chi connectivity index (χ4v) is 2.41. The monoisotopic (exact) mass is 374 g/mol. The van der Waals surface area contributed by atoms with Crippen LogP contribution in [0.15, 0.2) is 48.5 Å². The first-order valence-corrected chi connectivity index (χ1v) is 8.31. The molecule has 27 heavy (non-hydrogen) atoms. The number of ketones is 1. The van der Waals surface area contributed by atoms with Gasteiger partial charge >= 0.3 is 12.6 Å². The number of hydrogen-bond acceptors (Lipinski definition) is 4. The minimum absolute atomic E-state index is 0.0254. The molecule has 1 atom stereocenters. The van der Waals surface area contributed by atoms with Crippen LogP contribution < -0.4 is 4.74 Å².